The molecular formula is C13H11ClF3NS. The fraction of sp³-hybridized carbons (Fsp3) is 0.231. The van der Waals surface area contributed by atoms with Gasteiger partial charge in [0, 0.05) is 4.88 Å². The second-order valence-corrected chi connectivity index (χ2v) is 5.81. The summed E-state index contributed by atoms with van der Waals surface area (Å²) in [7, 11) is 1.66. The Hall–Kier alpha value is -1.04. The highest BCUT2D eigenvalue weighted by Crippen LogP contribution is 2.34. The molecule has 1 unspecified atom stereocenters. The minimum Gasteiger partial charge on any atom is -0.309 e. The molecule has 0 saturated carbocycles. The average Bonchev–Trinajstić information content (AvgIpc) is 2.67. The van der Waals surface area contributed by atoms with Crippen molar-refractivity contribution in [3.8, 4) is 0 Å². The van der Waals surface area contributed by atoms with Crippen molar-refractivity contribution in [3.63, 3.8) is 0 Å². The Bertz CT molecular complexity index is 569. The molecule has 0 bridgehead atoms. The molecule has 0 fully saturated rings. The first-order valence-corrected chi connectivity index (χ1v) is 6.71. The fourth-order valence-electron chi connectivity index (χ4n) is 1.84. The summed E-state index contributed by atoms with van der Waals surface area (Å²) in [5, 5.41) is 2.95. The van der Waals surface area contributed by atoms with Gasteiger partial charge in [-0.25, -0.2) is 13.2 Å². The van der Waals surface area contributed by atoms with Gasteiger partial charge in [0.15, 0.2) is 17.5 Å². The predicted octanol–water partition coefficient (Wildman–Crippen LogP) is 4.44. The van der Waals surface area contributed by atoms with Crippen LogP contribution in [0.15, 0.2) is 18.2 Å². The lowest BCUT2D eigenvalue weighted by molar-refractivity contribution is 0.443. The Balaban J connectivity index is 2.48. The third kappa shape index (κ3) is 2.78. The summed E-state index contributed by atoms with van der Waals surface area (Å²) in [5.41, 5.74) is 1.21. The van der Waals surface area contributed by atoms with Crippen molar-refractivity contribution < 1.29 is 13.2 Å². The van der Waals surface area contributed by atoms with Crippen LogP contribution in [0.25, 0.3) is 0 Å². The second-order valence-electron chi connectivity index (χ2n) is 4.13. The average molecular weight is 306 g/mol. The van der Waals surface area contributed by atoms with E-state index >= 15 is 0 Å². The number of hydrogen-bond donors (Lipinski definition) is 1. The van der Waals surface area contributed by atoms with Crippen LogP contribution in [0, 0.1) is 24.4 Å². The number of nitrogens with one attached hydrogen (secondary N) is 1. The highest BCUT2D eigenvalue weighted by molar-refractivity contribution is 7.16. The lowest BCUT2D eigenvalue weighted by Gasteiger charge is -2.15. The quantitative estimate of drug-likeness (QED) is 0.827. The van der Waals surface area contributed by atoms with Crippen molar-refractivity contribution in [1.82, 2.24) is 5.32 Å². The maximum absolute atomic E-state index is 13.3. The largest absolute Gasteiger partial charge is 0.309 e. The van der Waals surface area contributed by atoms with Crippen LogP contribution in [0.3, 0.4) is 0 Å². The monoisotopic (exact) mass is 305 g/mol. The van der Waals surface area contributed by atoms with Gasteiger partial charge in [0.25, 0.3) is 0 Å². The lowest BCUT2D eigenvalue weighted by atomic mass is 10.0. The fourth-order valence-corrected chi connectivity index (χ4v) is 3.20. The third-order valence-electron chi connectivity index (χ3n) is 2.79. The summed E-state index contributed by atoms with van der Waals surface area (Å²) < 4.78 is 40.1. The van der Waals surface area contributed by atoms with E-state index in [2.05, 4.69) is 5.32 Å². The van der Waals surface area contributed by atoms with Crippen LogP contribution in [-0.4, -0.2) is 7.05 Å². The molecule has 0 aliphatic rings. The summed E-state index contributed by atoms with van der Waals surface area (Å²) >= 11 is 7.31. The van der Waals surface area contributed by atoms with E-state index in [1.165, 1.54) is 11.3 Å². The van der Waals surface area contributed by atoms with E-state index < -0.39 is 23.5 Å². The maximum Gasteiger partial charge on any atom is 0.194 e. The van der Waals surface area contributed by atoms with E-state index in [0.29, 0.717) is 9.90 Å². The van der Waals surface area contributed by atoms with Crippen molar-refractivity contribution in [2.24, 2.45) is 0 Å². The molecular weight excluding hydrogens is 295 g/mol. The molecule has 1 nitrogen and oxygen atoms in total. The van der Waals surface area contributed by atoms with Gasteiger partial charge in [0.2, 0.25) is 0 Å². The Kier molecular flexibility index (Phi) is 4.18. The Morgan fingerprint density at radius 2 is 1.74 bits per heavy atom. The maximum atomic E-state index is 13.3. The summed E-state index contributed by atoms with van der Waals surface area (Å²) in [6.45, 7) is 1.85. The zero-order chi connectivity index (χ0) is 14.2. The molecule has 0 amide bonds. The lowest BCUT2D eigenvalue weighted by Crippen LogP contribution is -2.17. The summed E-state index contributed by atoms with van der Waals surface area (Å²) in [6.07, 6.45) is 0. The topological polar surface area (TPSA) is 12.0 Å². The smallest absolute Gasteiger partial charge is 0.194 e. The van der Waals surface area contributed by atoms with Gasteiger partial charge in [-0.1, -0.05) is 11.6 Å². The molecule has 0 spiro atoms. The molecule has 1 aromatic heterocycles. The van der Waals surface area contributed by atoms with Crippen LogP contribution in [0.2, 0.25) is 4.34 Å². The number of hydrogen-bond acceptors (Lipinski definition) is 2. The van der Waals surface area contributed by atoms with Crippen LogP contribution in [0.1, 0.15) is 22.0 Å². The third-order valence-corrected chi connectivity index (χ3v) is 4.41. The molecule has 0 aliphatic heterocycles. The number of aryl methyl sites for hydroxylation is 1. The van der Waals surface area contributed by atoms with Gasteiger partial charge in [-0.15, -0.1) is 11.3 Å². The molecule has 1 aromatic carbocycles. The van der Waals surface area contributed by atoms with Gasteiger partial charge < -0.3 is 5.32 Å². The molecule has 0 aliphatic carbocycles. The number of thiophene rings is 1. The molecule has 1 atom stereocenters. The first kappa shape index (κ1) is 14.4. The van der Waals surface area contributed by atoms with Crippen molar-refractivity contribution >= 4 is 22.9 Å². The minimum atomic E-state index is -1.46. The van der Waals surface area contributed by atoms with Crippen LogP contribution >= 0.6 is 22.9 Å². The first-order chi connectivity index (χ1) is 8.93. The summed E-state index contributed by atoms with van der Waals surface area (Å²) in [4.78, 5) is 0.815. The SMILES string of the molecule is CNC(c1cc(F)c(F)c(F)c1)c1cc(C)c(Cl)s1. The molecule has 2 aromatic rings. The van der Waals surface area contributed by atoms with Gasteiger partial charge in [0.05, 0.1) is 10.4 Å². The normalized spacial score (nSPS) is 12.7. The molecule has 6 heteroatoms. The number of rotatable bonds is 3. The van der Waals surface area contributed by atoms with E-state index in [9.17, 15) is 13.2 Å². The van der Waals surface area contributed by atoms with E-state index in [4.69, 9.17) is 11.6 Å². The predicted molar refractivity (Wildman–Crippen MR) is 71.3 cm³/mol. The van der Waals surface area contributed by atoms with E-state index in [1.54, 1.807) is 7.05 Å². The van der Waals surface area contributed by atoms with E-state index in [-0.39, 0.29) is 0 Å². The van der Waals surface area contributed by atoms with Gasteiger partial charge >= 0.3 is 0 Å². The van der Waals surface area contributed by atoms with Crippen molar-refractivity contribution in [2.45, 2.75) is 13.0 Å². The van der Waals surface area contributed by atoms with Gasteiger partial charge in [-0.3, -0.25) is 0 Å². The highest BCUT2D eigenvalue weighted by atomic mass is 35.5. The number of halogens is 4. The van der Waals surface area contributed by atoms with Gasteiger partial charge in [-0.05, 0) is 43.3 Å². The highest BCUT2D eigenvalue weighted by Gasteiger charge is 2.20. The van der Waals surface area contributed by atoms with Gasteiger partial charge in [-0.2, -0.15) is 0 Å². The second kappa shape index (κ2) is 5.53. The first-order valence-electron chi connectivity index (χ1n) is 5.51. The molecule has 2 rings (SSSR count). The molecule has 19 heavy (non-hydrogen) atoms. The standard InChI is InChI=1S/C13H11ClF3NS/c1-6-3-10(19-13(6)14)12(18-2)7-4-8(15)11(17)9(16)5-7/h3-5,12,18H,1-2H3. The molecule has 1 N–H and O–H groups in total. The Labute approximate surface area is 118 Å². The minimum absolute atomic E-state index is 0.316. The summed E-state index contributed by atoms with van der Waals surface area (Å²) in [5.74, 6) is -3.86. The molecule has 0 saturated heterocycles. The molecule has 0 radical (unpaired) electrons. The van der Waals surface area contributed by atoms with E-state index in [1.807, 2.05) is 13.0 Å². The summed E-state index contributed by atoms with van der Waals surface area (Å²) in [6, 6.07) is 3.39. The van der Waals surface area contributed by atoms with Crippen LogP contribution in [0.4, 0.5) is 13.2 Å². The zero-order valence-electron chi connectivity index (χ0n) is 10.2. The van der Waals surface area contributed by atoms with E-state index in [0.717, 1.165) is 22.6 Å². The zero-order valence-corrected chi connectivity index (χ0v) is 11.8. The van der Waals surface area contributed by atoms with Crippen LogP contribution < -0.4 is 5.32 Å². The van der Waals surface area contributed by atoms with Crippen molar-refractivity contribution in [1.29, 1.82) is 0 Å². The van der Waals surface area contributed by atoms with Crippen molar-refractivity contribution in [2.75, 3.05) is 7.05 Å². The van der Waals surface area contributed by atoms with Crippen molar-refractivity contribution in [3.05, 3.63) is 56.0 Å². The Morgan fingerprint density at radius 1 is 1.16 bits per heavy atom. The Morgan fingerprint density at radius 3 is 2.16 bits per heavy atom. The van der Waals surface area contributed by atoms with Crippen LogP contribution in [-0.2, 0) is 0 Å². The number of benzene rings is 1. The molecule has 102 valence electrons. The van der Waals surface area contributed by atoms with Gasteiger partial charge in [0.1, 0.15) is 0 Å². The van der Waals surface area contributed by atoms with Crippen LogP contribution in [0.5, 0.6) is 0 Å². The molecule has 1 heterocycles.